The summed E-state index contributed by atoms with van der Waals surface area (Å²) in [7, 11) is 0. The zero-order valence-corrected chi connectivity index (χ0v) is 30.8. The molecule has 8 nitrogen and oxygen atoms in total. The number of carbonyl (C=O) groups is 3. The van der Waals surface area contributed by atoms with Gasteiger partial charge in [0.25, 0.3) is 17.7 Å². The second-order valence-corrected chi connectivity index (χ2v) is 16.2. The molecule has 0 aromatic heterocycles. The highest BCUT2D eigenvalue weighted by atomic mass is 16.6. The lowest BCUT2D eigenvalue weighted by molar-refractivity contribution is -0.115. The highest BCUT2D eigenvalue weighted by Gasteiger charge is 2.37. The molecule has 8 heteroatoms. The summed E-state index contributed by atoms with van der Waals surface area (Å²) in [5, 5.41) is 3.14. The van der Waals surface area contributed by atoms with Crippen LogP contribution in [0.25, 0.3) is 11.4 Å². The second kappa shape index (κ2) is 16.0. The summed E-state index contributed by atoms with van der Waals surface area (Å²) in [6.07, 6.45) is 23.1. The van der Waals surface area contributed by atoms with Gasteiger partial charge in [-0.25, -0.2) is 0 Å². The first-order valence-electron chi connectivity index (χ1n) is 20.6. The second-order valence-electron chi connectivity index (χ2n) is 16.2. The highest BCUT2D eigenvalue weighted by molar-refractivity contribution is 6.15. The highest BCUT2D eigenvalue weighted by Crippen LogP contribution is 2.38. The largest absolute Gasteiger partial charge is 0.333 e. The number of hydroxylamine groups is 1. The number of rotatable bonds is 8. The van der Waals surface area contributed by atoms with Crippen molar-refractivity contribution in [2.45, 2.75) is 153 Å². The molecular formula is C44H56N4O4. The normalized spacial score (nSPS) is 22.5. The maximum atomic E-state index is 14.4. The zero-order valence-electron chi connectivity index (χ0n) is 30.8. The lowest BCUT2D eigenvalue weighted by atomic mass is 9.88. The van der Waals surface area contributed by atoms with Gasteiger partial charge in [0.1, 0.15) is 6.61 Å². The van der Waals surface area contributed by atoms with Gasteiger partial charge in [-0.05, 0) is 81.2 Å². The Hall–Kier alpha value is -3.91. The molecule has 0 unspecified atom stereocenters. The standard InChI is InChI=1S/C44H56N4O4/c49-42-39-38(40(45-42)30-15-13-17-32(27-30)43(50)47(34-19-5-1-6-20-34)35-21-7-2-8-22-35)29-52-46-41(39)31-16-14-18-33(28-31)44(51)48(36-23-9-3-10-24-36)37-25-11-4-12-26-37/h13-18,27-28,34-37,46H,1-12,19-26,29H2,(H,45,49). The van der Waals surface area contributed by atoms with E-state index in [0.29, 0.717) is 52.3 Å². The molecule has 4 fully saturated rings. The Bertz CT molecular complexity index is 1670. The van der Waals surface area contributed by atoms with E-state index in [0.717, 1.165) is 68.1 Å². The van der Waals surface area contributed by atoms with Gasteiger partial charge in [-0.1, -0.05) is 101 Å². The van der Waals surface area contributed by atoms with Crippen molar-refractivity contribution in [3.05, 3.63) is 81.9 Å². The quantitative estimate of drug-likeness (QED) is 0.287. The summed E-state index contributed by atoms with van der Waals surface area (Å²) in [4.78, 5) is 53.0. The van der Waals surface area contributed by atoms with E-state index in [1.165, 1.54) is 77.0 Å². The Morgan fingerprint density at radius 1 is 0.558 bits per heavy atom. The molecule has 0 saturated heterocycles. The SMILES string of the molecule is O=C1NC(c2cccc(C(=O)N(C3CCCCC3)C3CCCCC3)c2)=C2CONC(c3cccc(C(=O)N(C4CCCCC4)C4CCCCC4)c3)=C12. The molecule has 6 aliphatic rings. The van der Waals surface area contributed by atoms with E-state index in [2.05, 4.69) is 20.6 Å². The Morgan fingerprint density at radius 2 is 0.962 bits per heavy atom. The first kappa shape index (κ1) is 35.1. The van der Waals surface area contributed by atoms with E-state index in [9.17, 15) is 14.4 Å². The average molecular weight is 705 g/mol. The van der Waals surface area contributed by atoms with Crippen LogP contribution in [0.2, 0.25) is 0 Å². The van der Waals surface area contributed by atoms with Crippen LogP contribution in [-0.2, 0) is 9.63 Å². The van der Waals surface area contributed by atoms with Gasteiger partial charge in [0.05, 0.1) is 17.0 Å². The van der Waals surface area contributed by atoms with Crippen molar-refractivity contribution < 1.29 is 19.2 Å². The summed E-state index contributed by atoms with van der Waals surface area (Å²) in [6, 6.07) is 16.7. The first-order valence-corrected chi connectivity index (χ1v) is 20.6. The van der Waals surface area contributed by atoms with E-state index in [1.54, 1.807) is 0 Å². The topological polar surface area (TPSA) is 91.0 Å². The zero-order chi connectivity index (χ0) is 35.4. The smallest absolute Gasteiger partial charge is 0.258 e. The van der Waals surface area contributed by atoms with Crippen LogP contribution >= 0.6 is 0 Å². The molecule has 4 saturated carbocycles. The molecule has 2 heterocycles. The van der Waals surface area contributed by atoms with Gasteiger partial charge in [-0.15, -0.1) is 0 Å². The summed E-state index contributed by atoms with van der Waals surface area (Å²) in [6.45, 7) is 0.205. The Kier molecular flexibility index (Phi) is 10.8. The lowest BCUT2D eigenvalue weighted by Crippen LogP contribution is -2.48. The maximum Gasteiger partial charge on any atom is 0.258 e. The maximum absolute atomic E-state index is 14.4. The van der Waals surface area contributed by atoms with Crippen molar-refractivity contribution in [2.75, 3.05) is 6.61 Å². The van der Waals surface area contributed by atoms with Gasteiger partial charge < -0.3 is 15.1 Å². The minimum absolute atomic E-state index is 0.104. The van der Waals surface area contributed by atoms with Crippen LogP contribution in [0.4, 0.5) is 0 Å². The predicted octanol–water partition coefficient (Wildman–Crippen LogP) is 8.69. The molecule has 2 aromatic rings. The number of nitrogens with zero attached hydrogens (tertiary/aromatic N) is 2. The summed E-state index contributed by atoms with van der Waals surface area (Å²) in [5.41, 5.74) is 8.49. The Labute approximate surface area is 309 Å². The van der Waals surface area contributed by atoms with Crippen molar-refractivity contribution in [2.24, 2.45) is 0 Å². The van der Waals surface area contributed by atoms with E-state index >= 15 is 0 Å². The third kappa shape index (κ3) is 7.20. The number of hydrogen-bond acceptors (Lipinski definition) is 5. The van der Waals surface area contributed by atoms with Crippen LogP contribution in [0.15, 0.2) is 59.7 Å². The van der Waals surface area contributed by atoms with Crippen LogP contribution in [0.3, 0.4) is 0 Å². The van der Waals surface area contributed by atoms with E-state index < -0.39 is 0 Å². The van der Waals surface area contributed by atoms with Crippen molar-refractivity contribution in [3.8, 4) is 0 Å². The van der Waals surface area contributed by atoms with Crippen molar-refractivity contribution in [1.29, 1.82) is 0 Å². The number of fused-ring (bicyclic) bond motifs is 1. The molecule has 0 radical (unpaired) electrons. The van der Waals surface area contributed by atoms with Crippen LogP contribution in [0.5, 0.6) is 0 Å². The van der Waals surface area contributed by atoms with E-state index in [-0.39, 0.29) is 24.3 Å². The molecule has 2 N–H and O–H groups in total. The molecule has 52 heavy (non-hydrogen) atoms. The number of hydrogen-bond donors (Lipinski definition) is 2. The number of benzene rings is 2. The predicted molar refractivity (Wildman–Crippen MR) is 204 cm³/mol. The number of nitrogens with one attached hydrogen (secondary N) is 2. The van der Waals surface area contributed by atoms with Crippen LogP contribution in [-0.4, -0.2) is 58.3 Å². The first-order chi connectivity index (χ1) is 25.6. The minimum atomic E-state index is -0.207. The van der Waals surface area contributed by atoms with Gasteiger partial charge in [0, 0.05) is 46.4 Å². The van der Waals surface area contributed by atoms with Crippen LogP contribution in [0, 0.1) is 0 Å². The summed E-state index contributed by atoms with van der Waals surface area (Å²) >= 11 is 0. The van der Waals surface area contributed by atoms with Crippen molar-refractivity contribution >= 4 is 29.1 Å². The van der Waals surface area contributed by atoms with E-state index in [1.807, 2.05) is 48.5 Å². The number of amides is 3. The van der Waals surface area contributed by atoms with Gasteiger partial charge in [-0.2, -0.15) is 0 Å². The summed E-state index contributed by atoms with van der Waals surface area (Å²) < 4.78 is 0. The van der Waals surface area contributed by atoms with Crippen LogP contribution in [0.1, 0.15) is 160 Å². The van der Waals surface area contributed by atoms with Crippen LogP contribution < -0.4 is 10.8 Å². The monoisotopic (exact) mass is 704 g/mol. The molecule has 2 aromatic carbocycles. The van der Waals surface area contributed by atoms with E-state index in [4.69, 9.17) is 4.84 Å². The fraction of sp³-hybridized carbons (Fsp3) is 0.568. The van der Waals surface area contributed by atoms with Gasteiger partial charge >= 0.3 is 0 Å². The average Bonchev–Trinajstić information content (AvgIpc) is 3.56. The Morgan fingerprint density at radius 3 is 1.38 bits per heavy atom. The minimum Gasteiger partial charge on any atom is -0.333 e. The molecule has 4 aliphatic carbocycles. The van der Waals surface area contributed by atoms with Gasteiger partial charge in [0.15, 0.2) is 0 Å². The lowest BCUT2D eigenvalue weighted by Gasteiger charge is -2.42. The van der Waals surface area contributed by atoms with Gasteiger partial charge in [-0.3, -0.25) is 24.7 Å². The fourth-order valence-corrected chi connectivity index (χ4v) is 10.2. The third-order valence-electron chi connectivity index (χ3n) is 12.8. The molecular weight excluding hydrogens is 649 g/mol. The molecule has 0 atom stereocenters. The van der Waals surface area contributed by atoms with Crippen molar-refractivity contribution in [3.63, 3.8) is 0 Å². The van der Waals surface area contributed by atoms with Gasteiger partial charge in [0.2, 0.25) is 0 Å². The molecule has 8 rings (SSSR count). The molecule has 276 valence electrons. The molecule has 0 bridgehead atoms. The Balaban J connectivity index is 1.09. The fourth-order valence-electron chi connectivity index (χ4n) is 10.2. The molecule has 2 aliphatic heterocycles. The number of carbonyl (C=O) groups excluding carboxylic acids is 3. The van der Waals surface area contributed by atoms with Crippen molar-refractivity contribution in [1.82, 2.24) is 20.6 Å². The molecule has 0 spiro atoms. The summed E-state index contributed by atoms with van der Waals surface area (Å²) in [5.74, 6) is 0.0131. The molecule has 3 amide bonds. The third-order valence-corrected chi connectivity index (χ3v) is 12.8.